The Kier molecular flexibility index (Phi) is 4.18. The van der Waals surface area contributed by atoms with Crippen LogP contribution in [0.25, 0.3) is 5.52 Å². The number of pyridine rings is 1. The highest BCUT2D eigenvalue weighted by atomic mass is 16.5. The average molecular weight is 335 g/mol. The normalized spacial score (nSPS) is 13.8. The second kappa shape index (κ2) is 6.63. The third-order valence-corrected chi connectivity index (χ3v) is 4.52. The number of benzene rings is 1. The summed E-state index contributed by atoms with van der Waals surface area (Å²) >= 11 is 0. The lowest BCUT2D eigenvalue weighted by Gasteiger charge is -2.10. The molecule has 0 amide bonds. The fraction of sp³-hybridized carbons (Fsp3) is 0.286. The molecule has 0 N–H and O–H groups in total. The molecule has 0 radical (unpaired) electrons. The molecule has 2 aromatic heterocycles. The fourth-order valence-corrected chi connectivity index (χ4v) is 3.19. The number of hydrogen-bond donors (Lipinski definition) is 0. The molecule has 25 heavy (non-hydrogen) atoms. The third-order valence-electron chi connectivity index (χ3n) is 4.52. The van der Waals surface area contributed by atoms with Crippen molar-refractivity contribution in [3.05, 3.63) is 71.5 Å². The number of rotatable bonds is 6. The zero-order valence-corrected chi connectivity index (χ0v) is 14.3. The molecule has 0 aliphatic heterocycles. The van der Waals surface area contributed by atoms with Crippen molar-refractivity contribution in [1.29, 1.82) is 0 Å². The summed E-state index contributed by atoms with van der Waals surface area (Å²) in [7, 11) is 0. The van der Waals surface area contributed by atoms with E-state index in [2.05, 4.69) is 6.20 Å². The quantitative estimate of drug-likeness (QED) is 0.619. The van der Waals surface area contributed by atoms with Gasteiger partial charge in [0.25, 0.3) is 0 Å². The Hall–Kier alpha value is -2.75. The van der Waals surface area contributed by atoms with E-state index in [1.54, 1.807) is 0 Å². The summed E-state index contributed by atoms with van der Waals surface area (Å²) in [5, 5.41) is 0. The number of hydrogen-bond acceptors (Lipinski definition) is 3. The summed E-state index contributed by atoms with van der Waals surface area (Å²) < 4.78 is 13.4. The zero-order chi connectivity index (χ0) is 17.2. The second-order valence-corrected chi connectivity index (χ2v) is 6.36. The van der Waals surface area contributed by atoms with Gasteiger partial charge in [0.2, 0.25) is 0 Å². The van der Waals surface area contributed by atoms with Gasteiger partial charge in [0.1, 0.15) is 17.9 Å². The van der Waals surface area contributed by atoms with Crippen LogP contribution in [0, 0.1) is 0 Å². The van der Waals surface area contributed by atoms with Crippen LogP contribution < -0.4 is 4.74 Å². The van der Waals surface area contributed by atoms with E-state index in [1.807, 2.05) is 60.0 Å². The van der Waals surface area contributed by atoms with Crippen molar-refractivity contribution < 1.29 is 14.3 Å². The van der Waals surface area contributed by atoms with Gasteiger partial charge in [-0.15, -0.1) is 0 Å². The maximum atomic E-state index is 12.6. The first-order valence-corrected chi connectivity index (χ1v) is 8.75. The molecular formula is C21H21NO3. The zero-order valence-electron chi connectivity index (χ0n) is 14.3. The maximum absolute atomic E-state index is 12.6. The van der Waals surface area contributed by atoms with Crippen molar-refractivity contribution in [2.75, 3.05) is 6.61 Å². The predicted octanol–water partition coefficient (Wildman–Crippen LogP) is 4.57. The van der Waals surface area contributed by atoms with Crippen LogP contribution in [0.3, 0.4) is 0 Å². The van der Waals surface area contributed by atoms with Gasteiger partial charge < -0.3 is 13.9 Å². The lowest BCUT2D eigenvalue weighted by molar-refractivity contribution is 0.0527. The average Bonchev–Trinajstić information content (AvgIpc) is 3.40. The smallest absolute Gasteiger partial charge is 0.340 e. The van der Waals surface area contributed by atoms with Crippen LogP contribution in [0.2, 0.25) is 0 Å². The van der Waals surface area contributed by atoms with Gasteiger partial charge in [0.05, 0.1) is 12.2 Å². The van der Waals surface area contributed by atoms with Gasteiger partial charge in [-0.2, -0.15) is 0 Å². The van der Waals surface area contributed by atoms with Crippen LogP contribution in [-0.2, 0) is 11.3 Å². The van der Waals surface area contributed by atoms with Crippen LogP contribution >= 0.6 is 0 Å². The van der Waals surface area contributed by atoms with Crippen molar-refractivity contribution >= 4 is 11.5 Å². The molecular weight excluding hydrogens is 314 g/mol. The summed E-state index contributed by atoms with van der Waals surface area (Å²) in [6, 6.07) is 13.9. The Labute approximate surface area is 147 Å². The van der Waals surface area contributed by atoms with Crippen LogP contribution in [0.1, 0.15) is 47.2 Å². The first-order valence-electron chi connectivity index (χ1n) is 8.75. The number of nitrogens with zero attached hydrogens (tertiary/aromatic N) is 1. The lowest BCUT2D eigenvalue weighted by Crippen LogP contribution is -2.07. The van der Waals surface area contributed by atoms with Crippen molar-refractivity contribution in [2.45, 2.75) is 32.3 Å². The van der Waals surface area contributed by atoms with Gasteiger partial charge in [0.15, 0.2) is 0 Å². The Morgan fingerprint density at radius 3 is 2.68 bits per heavy atom. The van der Waals surface area contributed by atoms with E-state index in [0.717, 1.165) is 29.5 Å². The Morgan fingerprint density at radius 2 is 1.96 bits per heavy atom. The summed E-state index contributed by atoms with van der Waals surface area (Å²) in [6.07, 6.45) is 6.26. The third kappa shape index (κ3) is 3.12. The highest BCUT2D eigenvalue weighted by molar-refractivity contribution is 6.01. The first-order chi connectivity index (χ1) is 12.3. The van der Waals surface area contributed by atoms with E-state index in [4.69, 9.17) is 9.47 Å². The number of fused-ring (bicyclic) bond motifs is 1. The molecule has 1 saturated carbocycles. The maximum Gasteiger partial charge on any atom is 0.340 e. The summed E-state index contributed by atoms with van der Waals surface area (Å²) in [4.78, 5) is 12.6. The molecule has 3 aromatic rings. The fourth-order valence-electron chi connectivity index (χ4n) is 3.19. The van der Waals surface area contributed by atoms with E-state index in [1.165, 1.54) is 0 Å². The number of carbonyl (C=O) groups is 1. The molecule has 1 aliphatic rings. The van der Waals surface area contributed by atoms with Crippen molar-refractivity contribution in [2.24, 2.45) is 0 Å². The molecule has 128 valence electrons. The minimum absolute atomic E-state index is 0.261. The molecule has 0 unspecified atom stereocenters. The van der Waals surface area contributed by atoms with E-state index in [0.29, 0.717) is 30.4 Å². The number of carbonyl (C=O) groups excluding carboxylic acids is 1. The number of aromatic nitrogens is 1. The van der Waals surface area contributed by atoms with E-state index in [-0.39, 0.29) is 5.97 Å². The van der Waals surface area contributed by atoms with Gasteiger partial charge in [-0.3, -0.25) is 0 Å². The second-order valence-electron chi connectivity index (χ2n) is 6.36. The summed E-state index contributed by atoms with van der Waals surface area (Å²) in [5.74, 6) is 0.908. The lowest BCUT2D eigenvalue weighted by atomic mass is 10.1. The molecule has 1 fully saturated rings. The molecule has 4 heteroatoms. The van der Waals surface area contributed by atoms with Crippen molar-refractivity contribution in [1.82, 2.24) is 4.40 Å². The summed E-state index contributed by atoms with van der Waals surface area (Å²) in [6.45, 7) is 2.67. The monoisotopic (exact) mass is 335 g/mol. The van der Waals surface area contributed by atoms with Gasteiger partial charge in [-0.05, 0) is 48.9 Å². The number of ether oxygens (including phenoxy) is 2. The van der Waals surface area contributed by atoms with Crippen molar-refractivity contribution in [3.8, 4) is 5.75 Å². The standard InChI is InChI=1S/C21H21NO3/c1-2-24-21(23)19-17(16-10-11-16)13-22-12-6-9-18(20(19)22)25-14-15-7-4-3-5-8-15/h3-9,12-13,16H,2,10-11,14H2,1H3. The predicted molar refractivity (Wildman–Crippen MR) is 96.1 cm³/mol. The van der Waals surface area contributed by atoms with Gasteiger partial charge >= 0.3 is 5.97 Å². The van der Waals surface area contributed by atoms with Gasteiger partial charge in [-0.25, -0.2) is 4.79 Å². The molecule has 2 heterocycles. The van der Waals surface area contributed by atoms with Crippen LogP contribution in [0.5, 0.6) is 5.75 Å². The SMILES string of the molecule is CCOC(=O)c1c(C2CC2)cn2cccc(OCc3ccccc3)c12. The largest absolute Gasteiger partial charge is 0.487 e. The molecule has 0 spiro atoms. The molecule has 0 saturated heterocycles. The highest BCUT2D eigenvalue weighted by Crippen LogP contribution is 2.44. The molecule has 4 nitrogen and oxygen atoms in total. The molecule has 4 rings (SSSR count). The van der Waals surface area contributed by atoms with Gasteiger partial charge in [-0.1, -0.05) is 30.3 Å². The topological polar surface area (TPSA) is 39.9 Å². The first kappa shape index (κ1) is 15.8. The number of esters is 1. The summed E-state index contributed by atoms with van der Waals surface area (Å²) in [5.41, 5.74) is 3.64. The van der Waals surface area contributed by atoms with Gasteiger partial charge in [0, 0.05) is 12.4 Å². The molecule has 0 atom stereocenters. The van der Waals surface area contributed by atoms with E-state index >= 15 is 0 Å². The van der Waals surface area contributed by atoms with Crippen LogP contribution in [0.15, 0.2) is 54.9 Å². The molecule has 0 bridgehead atoms. The Morgan fingerprint density at radius 1 is 1.16 bits per heavy atom. The highest BCUT2D eigenvalue weighted by Gasteiger charge is 2.32. The van der Waals surface area contributed by atoms with Crippen LogP contribution in [0.4, 0.5) is 0 Å². The Bertz CT molecular complexity index is 894. The van der Waals surface area contributed by atoms with E-state index < -0.39 is 0 Å². The minimum Gasteiger partial charge on any atom is -0.487 e. The van der Waals surface area contributed by atoms with Crippen LogP contribution in [-0.4, -0.2) is 17.0 Å². The minimum atomic E-state index is -0.261. The molecule has 1 aromatic carbocycles. The van der Waals surface area contributed by atoms with Crippen molar-refractivity contribution in [3.63, 3.8) is 0 Å². The molecule has 1 aliphatic carbocycles. The Balaban J connectivity index is 1.75. The van der Waals surface area contributed by atoms with E-state index in [9.17, 15) is 4.79 Å².